The summed E-state index contributed by atoms with van der Waals surface area (Å²) in [6, 6.07) is 16.6. The second-order valence-electron chi connectivity index (χ2n) is 7.17. The second kappa shape index (κ2) is 8.85. The summed E-state index contributed by atoms with van der Waals surface area (Å²) in [6.45, 7) is 5.54. The number of nitrogens with zero attached hydrogens (tertiary/aromatic N) is 1. The number of rotatable bonds is 7. The summed E-state index contributed by atoms with van der Waals surface area (Å²) in [5.41, 5.74) is 4.95. The Morgan fingerprint density at radius 1 is 1.07 bits per heavy atom. The van der Waals surface area contributed by atoms with E-state index in [0.717, 1.165) is 29.3 Å². The van der Waals surface area contributed by atoms with Crippen LogP contribution < -0.4 is 5.32 Å². The highest BCUT2D eigenvalue weighted by atomic mass is 32.1. The Kier molecular flexibility index (Phi) is 6.51. The van der Waals surface area contributed by atoms with Crippen molar-refractivity contribution in [3.05, 3.63) is 78.5 Å². The minimum atomic E-state index is -0.0537. The summed E-state index contributed by atoms with van der Waals surface area (Å²) < 4.78 is 2.42. The van der Waals surface area contributed by atoms with Crippen molar-refractivity contribution in [1.29, 1.82) is 0 Å². The first-order valence-electron chi connectivity index (χ1n) is 9.28. The van der Waals surface area contributed by atoms with E-state index in [1.165, 1.54) is 17.0 Å². The summed E-state index contributed by atoms with van der Waals surface area (Å²) >= 11 is 8.95. The van der Waals surface area contributed by atoms with Crippen LogP contribution in [0.5, 0.6) is 0 Å². The number of allylic oxidation sites excluding steroid dienone is 3. The van der Waals surface area contributed by atoms with Crippen LogP contribution in [0.1, 0.15) is 25.8 Å². The highest BCUT2D eigenvalue weighted by molar-refractivity contribution is 7.80. The van der Waals surface area contributed by atoms with Gasteiger partial charge < -0.3 is 5.32 Å². The maximum Gasteiger partial charge on any atom is 0.209 e. The molecule has 27 heavy (non-hydrogen) atoms. The minimum Gasteiger partial charge on any atom is -0.362 e. The first-order valence-corrected chi connectivity index (χ1v) is 10.4. The molecule has 0 saturated heterocycles. The second-order valence-corrected chi connectivity index (χ2v) is 8.13. The molecule has 140 valence electrons. The third kappa shape index (κ3) is 4.50. The number of para-hydroxylation sites is 1. The average Bonchev–Trinajstić information content (AvgIpc) is 2.87. The van der Waals surface area contributed by atoms with Crippen molar-refractivity contribution in [3.63, 3.8) is 0 Å². The van der Waals surface area contributed by atoms with Gasteiger partial charge in [0, 0.05) is 40.9 Å². The van der Waals surface area contributed by atoms with Gasteiger partial charge in [0.1, 0.15) is 6.54 Å². The lowest BCUT2D eigenvalue weighted by Gasteiger charge is -2.15. The van der Waals surface area contributed by atoms with Crippen molar-refractivity contribution < 1.29 is 4.58 Å². The third-order valence-electron chi connectivity index (χ3n) is 4.90. The zero-order valence-corrected chi connectivity index (χ0v) is 17.7. The molecule has 2 aromatic carbocycles. The van der Waals surface area contributed by atoms with Gasteiger partial charge in [-0.1, -0.05) is 24.3 Å². The number of nitrogens with one attached hydrogen (secondary N) is 1. The summed E-state index contributed by atoms with van der Waals surface area (Å²) in [7, 11) is 0. The number of hydrogen-bond donors (Lipinski definition) is 3. The Bertz CT molecular complexity index is 881. The van der Waals surface area contributed by atoms with Crippen molar-refractivity contribution in [2.45, 2.75) is 30.6 Å². The predicted octanol–water partition coefficient (Wildman–Crippen LogP) is 5.85. The molecule has 0 radical (unpaired) electrons. The highest BCUT2D eigenvalue weighted by Crippen LogP contribution is 2.41. The molecule has 0 unspecified atom stereocenters. The monoisotopic (exact) mass is 395 g/mol. The Morgan fingerprint density at radius 3 is 2.59 bits per heavy atom. The van der Waals surface area contributed by atoms with Crippen molar-refractivity contribution in [3.8, 4) is 0 Å². The smallest absolute Gasteiger partial charge is 0.209 e. The SMILES string of the molecule is CC1(C)C(/C=C/C=C/Nc2ccccc2)=[N+](CCCS)c2ccc(S)cc21. The van der Waals surface area contributed by atoms with Crippen molar-refractivity contribution >= 4 is 42.3 Å². The fourth-order valence-electron chi connectivity index (χ4n) is 3.51. The van der Waals surface area contributed by atoms with E-state index in [2.05, 4.69) is 79.3 Å². The van der Waals surface area contributed by atoms with Crippen LogP contribution in [-0.2, 0) is 5.41 Å². The molecule has 1 heterocycles. The molecule has 1 aliphatic rings. The maximum absolute atomic E-state index is 4.55. The van der Waals surface area contributed by atoms with Crippen LogP contribution in [-0.4, -0.2) is 22.6 Å². The van der Waals surface area contributed by atoms with Gasteiger partial charge in [0.05, 0.1) is 5.41 Å². The number of anilines is 1. The lowest BCUT2D eigenvalue weighted by Crippen LogP contribution is -2.28. The molecule has 3 rings (SSSR count). The Hall–Kier alpha value is -1.91. The van der Waals surface area contributed by atoms with Crippen molar-refractivity contribution in [1.82, 2.24) is 0 Å². The fourth-order valence-corrected chi connectivity index (χ4v) is 3.86. The predicted molar refractivity (Wildman–Crippen MR) is 123 cm³/mol. The molecule has 0 fully saturated rings. The van der Waals surface area contributed by atoms with Gasteiger partial charge in [0.15, 0.2) is 5.71 Å². The van der Waals surface area contributed by atoms with Gasteiger partial charge >= 0.3 is 0 Å². The van der Waals surface area contributed by atoms with E-state index in [4.69, 9.17) is 0 Å². The molecule has 0 atom stereocenters. The van der Waals surface area contributed by atoms with Crippen LogP contribution in [0.3, 0.4) is 0 Å². The molecular formula is C23H27N2S2+. The topological polar surface area (TPSA) is 15.0 Å². The van der Waals surface area contributed by atoms with Gasteiger partial charge in [-0.15, -0.1) is 12.6 Å². The zero-order chi connectivity index (χ0) is 19.3. The van der Waals surface area contributed by atoms with Crippen LogP contribution in [0.2, 0.25) is 0 Å². The lowest BCUT2D eigenvalue weighted by atomic mass is 9.81. The van der Waals surface area contributed by atoms with Gasteiger partial charge in [0.25, 0.3) is 0 Å². The van der Waals surface area contributed by atoms with Crippen molar-refractivity contribution in [2.24, 2.45) is 0 Å². The zero-order valence-electron chi connectivity index (χ0n) is 15.9. The van der Waals surface area contributed by atoms with E-state index in [1.54, 1.807) is 0 Å². The molecule has 0 aliphatic carbocycles. The van der Waals surface area contributed by atoms with E-state index >= 15 is 0 Å². The quantitative estimate of drug-likeness (QED) is 0.304. The van der Waals surface area contributed by atoms with Crippen LogP contribution in [0.25, 0.3) is 0 Å². The fraction of sp³-hybridized carbons (Fsp3) is 0.261. The van der Waals surface area contributed by atoms with Crippen molar-refractivity contribution in [2.75, 3.05) is 17.6 Å². The maximum atomic E-state index is 4.55. The summed E-state index contributed by atoms with van der Waals surface area (Å²) in [6.07, 6.45) is 9.38. The summed E-state index contributed by atoms with van der Waals surface area (Å²) in [4.78, 5) is 1.01. The van der Waals surface area contributed by atoms with E-state index in [9.17, 15) is 0 Å². The molecule has 2 aromatic rings. The largest absolute Gasteiger partial charge is 0.362 e. The molecule has 0 aromatic heterocycles. The van der Waals surface area contributed by atoms with E-state index in [1.807, 2.05) is 42.6 Å². The molecule has 4 heteroatoms. The number of thiol groups is 2. The number of hydrogen-bond acceptors (Lipinski definition) is 3. The van der Waals surface area contributed by atoms with Crippen LogP contribution in [0.15, 0.2) is 77.9 Å². The summed E-state index contributed by atoms with van der Waals surface area (Å²) in [5.74, 6) is 0.884. The minimum absolute atomic E-state index is 0.0537. The van der Waals surface area contributed by atoms with Crippen LogP contribution in [0.4, 0.5) is 11.4 Å². The molecule has 2 nitrogen and oxygen atoms in total. The molecular weight excluding hydrogens is 368 g/mol. The number of benzene rings is 2. The molecule has 1 aliphatic heterocycles. The Morgan fingerprint density at radius 2 is 1.85 bits per heavy atom. The average molecular weight is 396 g/mol. The molecule has 0 saturated carbocycles. The van der Waals surface area contributed by atoms with Crippen LogP contribution in [0, 0.1) is 0 Å². The van der Waals surface area contributed by atoms with Gasteiger partial charge in [-0.3, -0.25) is 0 Å². The third-order valence-corrected chi connectivity index (χ3v) is 5.49. The Labute approximate surface area is 173 Å². The number of fused-ring (bicyclic) bond motifs is 1. The standard InChI is InChI=1S/C23H26N2S2/c1-23(2)20-17-19(27)12-13-21(20)25(15-8-16-26)22(23)11-6-7-14-24-18-9-4-3-5-10-18/h3-7,9-14,17,26-27H,8,15-16H2,1-2H3/p+1. The van der Waals surface area contributed by atoms with Gasteiger partial charge in [0.2, 0.25) is 5.69 Å². The van der Waals surface area contributed by atoms with Crippen LogP contribution >= 0.6 is 25.3 Å². The lowest BCUT2D eigenvalue weighted by molar-refractivity contribution is -0.437. The van der Waals surface area contributed by atoms with Gasteiger partial charge in [-0.2, -0.15) is 17.2 Å². The highest BCUT2D eigenvalue weighted by Gasteiger charge is 2.43. The van der Waals surface area contributed by atoms with Gasteiger partial charge in [-0.25, -0.2) is 0 Å². The summed E-state index contributed by atoms with van der Waals surface area (Å²) in [5, 5.41) is 3.29. The molecule has 0 amide bonds. The molecule has 0 bridgehead atoms. The Balaban J connectivity index is 1.84. The van der Waals surface area contributed by atoms with E-state index < -0.39 is 0 Å². The first kappa shape index (κ1) is 19.8. The molecule has 1 N–H and O–H groups in total. The first-order chi connectivity index (χ1) is 13.0. The van der Waals surface area contributed by atoms with Gasteiger partial charge in [-0.05, 0) is 49.9 Å². The molecule has 0 spiro atoms. The van der Waals surface area contributed by atoms with E-state index in [-0.39, 0.29) is 5.41 Å². The van der Waals surface area contributed by atoms with E-state index in [0.29, 0.717) is 0 Å². The normalized spacial score (nSPS) is 15.7.